The Balaban J connectivity index is 1.59. The molecule has 0 saturated carbocycles. The molecule has 1 unspecified atom stereocenters. The molecule has 0 aliphatic carbocycles. The summed E-state index contributed by atoms with van der Waals surface area (Å²) >= 11 is 1.56. The van der Waals surface area contributed by atoms with Crippen LogP contribution >= 0.6 is 11.3 Å². The highest BCUT2D eigenvalue weighted by Gasteiger charge is 2.35. The molecule has 1 aliphatic rings. The van der Waals surface area contributed by atoms with Gasteiger partial charge in [-0.2, -0.15) is 4.98 Å². The summed E-state index contributed by atoms with van der Waals surface area (Å²) in [5, 5.41) is 9.39. The lowest BCUT2D eigenvalue weighted by molar-refractivity contribution is 0.203. The lowest BCUT2D eigenvalue weighted by atomic mass is 9.93. The molecule has 0 saturated heterocycles. The predicted molar refractivity (Wildman–Crippen MR) is 134 cm³/mol. The minimum atomic E-state index is -0.385. The second-order valence-electron chi connectivity index (χ2n) is 8.45. The van der Waals surface area contributed by atoms with Crippen LogP contribution in [0.3, 0.4) is 0 Å². The average Bonchev–Trinajstić information content (AvgIpc) is 3.54. The third-order valence-electron chi connectivity index (χ3n) is 6.14. The van der Waals surface area contributed by atoms with E-state index >= 15 is 0 Å². The van der Waals surface area contributed by atoms with Crippen LogP contribution in [0.2, 0.25) is 0 Å². The van der Waals surface area contributed by atoms with Crippen molar-refractivity contribution in [2.45, 2.75) is 39.8 Å². The van der Waals surface area contributed by atoms with E-state index in [-0.39, 0.29) is 12.1 Å². The van der Waals surface area contributed by atoms with Gasteiger partial charge in [0.25, 0.3) is 5.89 Å². The van der Waals surface area contributed by atoms with Gasteiger partial charge in [0.05, 0.1) is 23.0 Å². The van der Waals surface area contributed by atoms with E-state index in [1.165, 1.54) is 5.56 Å². The number of nitrogens with zero attached hydrogens (tertiary/aromatic N) is 3. The second-order valence-corrected chi connectivity index (χ2v) is 9.40. The number of aromatic nitrogens is 2. The molecule has 0 bridgehead atoms. The molecule has 4 aromatic rings. The van der Waals surface area contributed by atoms with E-state index in [4.69, 9.17) is 9.51 Å². The fourth-order valence-corrected chi connectivity index (χ4v) is 4.93. The maximum atomic E-state index is 13.3. The number of aryl methyl sites for hydroxylation is 2. The van der Waals surface area contributed by atoms with Gasteiger partial charge in [-0.1, -0.05) is 72.2 Å². The van der Waals surface area contributed by atoms with Crippen molar-refractivity contribution in [2.24, 2.45) is 0 Å². The Morgan fingerprint density at radius 2 is 1.88 bits per heavy atom. The van der Waals surface area contributed by atoms with E-state index < -0.39 is 0 Å². The minimum absolute atomic E-state index is 0.148. The number of thiophene rings is 1. The Morgan fingerprint density at radius 3 is 2.59 bits per heavy atom. The third kappa shape index (κ3) is 4.26. The van der Waals surface area contributed by atoms with Crippen LogP contribution in [0.1, 0.15) is 48.0 Å². The van der Waals surface area contributed by atoms with Crippen LogP contribution in [0.15, 0.2) is 76.3 Å². The Kier molecular flexibility index (Phi) is 6.02. The van der Waals surface area contributed by atoms with E-state index in [2.05, 4.69) is 60.7 Å². The summed E-state index contributed by atoms with van der Waals surface area (Å²) in [6, 6.07) is 19.9. The Morgan fingerprint density at radius 1 is 1.06 bits per heavy atom. The molecule has 0 radical (unpaired) electrons. The quantitative estimate of drug-likeness (QED) is 0.356. The van der Waals surface area contributed by atoms with Gasteiger partial charge in [0, 0.05) is 5.70 Å². The minimum Gasteiger partial charge on any atom is -0.334 e. The summed E-state index contributed by atoms with van der Waals surface area (Å²) in [4.78, 5) is 20.7. The zero-order valence-electron chi connectivity index (χ0n) is 19.4. The molecule has 2 amide bonds. The van der Waals surface area contributed by atoms with Crippen molar-refractivity contribution >= 4 is 22.9 Å². The number of amides is 2. The number of carbonyl (C=O) groups is 1. The molecule has 1 aliphatic heterocycles. The number of rotatable bonds is 6. The van der Waals surface area contributed by atoms with E-state index in [1.54, 1.807) is 16.2 Å². The molecule has 34 heavy (non-hydrogen) atoms. The van der Waals surface area contributed by atoms with Crippen LogP contribution < -0.4 is 5.32 Å². The molecule has 0 spiro atoms. The lowest BCUT2D eigenvalue weighted by Crippen LogP contribution is -2.45. The first-order chi connectivity index (χ1) is 16.5. The van der Waals surface area contributed by atoms with Gasteiger partial charge in [-0.05, 0) is 48.4 Å². The Bertz CT molecular complexity index is 1340. The number of hydrogen-bond donors (Lipinski definition) is 1. The maximum Gasteiger partial charge on any atom is 0.322 e. The molecule has 2 aromatic carbocycles. The normalized spacial score (nSPS) is 16.1. The monoisotopic (exact) mass is 470 g/mol. The summed E-state index contributed by atoms with van der Waals surface area (Å²) in [7, 11) is 0. The van der Waals surface area contributed by atoms with Gasteiger partial charge in [0.2, 0.25) is 5.82 Å². The van der Waals surface area contributed by atoms with Crippen molar-refractivity contribution in [3.05, 3.63) is 99.9 Å². The fraction of sp³-hybridized carbons (Fsp3) is 0.222. The maximum absolute atomic E-state index is 13.3. The first-order valence-corrected chi connectivity index (χ1v) is 12.2. The summed E-state index contributed by atoms with van der Waals surface area (Å²) in [6.45, 7) is 6.58. The van der Waals surface area contributed by atoms with Crippen LogP contribution in [-0.4, -0.2) is 21.1 Å². The van der Waals surface area contributed by atoms with Crippen LogP contribution in [0, 0.1) is 6.92 Å². The highest BCUT2D eigenvalue weighted by Crippen LogP contribution is 2.38. The largest absolute Gasteiger partial charge is 0.334 e. The molecule has 6 nitrogen and oxygen atoms in total. The SMILES string of the molecule is CCc1ccc(C2NC(=O)N(Cc3cccc(C)c3)C(C)=C2c2nc(-c3cccs3)no2)cc1. The Labute approximate surface area is 202 Å². The smallest absolute Gasteiger partial charge is 0.322 e. The van der Waals surface area contributed by atoms with Crippen LogP contribution in [0.4, 0.5) is 4.79 Å². The van der Waals surface area contributed by atoms with Crippen molar-refractivity contribution in [2.75, 3.05) is 0 Å². The fourth-order valence-electron chi connectivity index (χ4n) is 4.28. The average molecular weight is 471 g/mol. The molecule has 0 fully saturated rings. The molecular weight excluding hydrogens is 444 g/mol. The van der Waals surface area contributed by atoms with Gasteiger partial charge < -0.3 is 9.84 Å². The topological polar surface area (TPSA) is 71.3 Å². The molecule has 7 heteroatoms. The number of carbonyl (C=O) groups excluding carboxylic acids is 1. The number of allylic oxidation sites excluding steroid dienone is 1. The van der Waals surface area contributed by atoms with Gasteiger partial charge in [-0.3, -0.25) is 4.90 Å². The summed E-state index contributed by atoms with van der Waals surface area (Å²) < 4.78 is 5.76. The third-order valence-corrected chi connectivity index (χ3v) is 7.00. The molecule has 5 rings (SSSR count). The number of benzene rings is 2. The highest BCUT2D eigenvalue weighted by molar-refractivity contribution is 7.13. The lowest BCUT2D eigenvalue weighted by Gasteiger charge is -2.35. The van der Waals surface area contributed by atoms with Crippen LogP contribution in [-0.2, 0) is 13.0 Å². The molecule has 1 N–H and O–H groups in total. The van der Waals surface area contributed by atoms with Crippen molar-refractivity contribution in [3.8, 4) is 10.7 Å². The number of nitrogens with one attached hydrogen (secondary N) is 1. The van der Waals surface area contributed by atoms with Crippen LogP contribution in [0.25, 0.3) is 16.3 Å². The summed E-state index contributed by atoms with van der Waals surface area (Å²) in [5.41, 5.74) is 6.05. The van der Waals surface area contributed by atoms with E-state index in [1.807, 2.05) is 36.6 Å². The van der Waals surface area contributed by atoms with Gasteiger partial charge in [0.15, 0.2) is 0 Å². The molecular formula is C27H26N4O2S. The standard InChI is InChI=1S/C27H26N4O2S/c1-4-19-10-12-21(13-11-19)24-23(26-29-25(30-33-26)22-9-6-14-34-22)18(3)31(27(32)28-24)16-20-8-5-7-17(2)15-20/h5-15,24H,4,16H2,1-3H3,(H,28,32). The molecule has 3 heterocycles. The first kappa shape index (κ1) is 22.1. The predicted octanol–water partition coefficient (Wildman–Crippen LogP) is 6.37. The van der Waals surface area contributed by atoms with E-state index in [0.717, 1.165) is 39.3 Å². The summed E-state index contributed by atoms with van der Waals surface area (Å²) in [6.07, 6.45) is 0.955. The van der Waals surface area contributed by atoms with Crippen molar-refractivity contribution in [1.82, 2.24) is 20.4 Å². The highest BCUT2D eigenvalue weighted by atomic mass is 32.1. The van der Waals surface area contributed by atoms with E-state index in [0.29, 0.717) is 18.3 Å². The van der Waals surface area contributed by atoms with Gasteiger partial charge in [-0.25, -0.2) is 4.79 Å². The van der Waals surface area contributed by atoms with E-state index in [9.17, 15) is 4.79 Å². The molecule has 1 atom stereocenters. The van der Waals surface area contributed by atoms with Crippen molar-refractivity contribution < 1.29 is 9.32 Å². The zero-order chi connectivity index (χ0) is 23.7. The van der Waals surface area contributed by atoms with Gasteiger partial charge in [0.1, 0.15) is 0 Å². The van der Waals surface area contributed by atoms with Crippen molar-refractivity contribution in [3.63, 3.8) is 0 Å². The van der Waals surface area contributed by atoms with Gasteiger partial charge in [-0.15, -0.1) is 11.3 Å². The zero-order valence-corrected chi connectivity index (χ0v) is 20.2. The molecule has 172 valence electrons. The second kappa shape index (κ2) is 9.27. The molecule has 2 aromatic heterocycles. The summed E-state index contributed by atoms with van der Waals surface area (Å²) in [5.74, 6) is 0.965. The number of hydrogen-bond acceptors (Lipinski definition) is 5. The van der Waals surface area contributed by atoms with Crippen LogP contribution in [0.5, 0.6) is 0 Å². The first-order valence-electron chi connectivity index (χ1n) is 11.3. The Hall–Kier alpha value is -3.71. The number of urea groups is 1. The van der Waals surface area contributed by atoms with Crippen molar-refractivity contribution in [1.29, 1.82) is 0 Å². The van der Waals surface area contributed by atoms with Gasteiger partial charge >= 0.3 is 6.03 Å².